The third-order valence-corrected chi connectivity index (χ3v) is 8.40. The molecule has 0 aliphatic carbocycles. The Kier molecular flexibility index (Phi) is 11.2. The number of halogens is 1. The normalized spacial score (nSPS) is 29.2. The summed E-state index contributed by atoms with van der Waals surface area (Å²) in [6, 6.07) is 4.15. The first-order valence-electron chi connectivity index (χ1n) is 15.2. The fourth-order valence-corrected chi connectivity index (χ4v) is 5.69. The van der Waals surface area contributed by atoms with Crippen molar-refractivity contribution in [2.45, 2.75) is 64.8 Å². The van der Waals surface area contributed by atoms with Crippen LogP contribution in [0.4, 0.5) is 19.7 Å². The van der Waals surface area contributed by atoms with Crippen molar-refractivity contribution in [1.82, 2.24) is 15.1 Å². The quantitative estimate of drug-likeness (QED) is 0.394. The number of benzene rings is 1. The molecule has 2 saturated heterocycles. The average Bonchev–Trinajstić information content (AvgIpc) is 2.96. The molecule has 0 radical (unpaired) electrons. The SMILES string of the molecule is C/C(=C\c1cc(F)cc(N2CCCNC2=O)c1)[C@H]1OC(=O)C[C@H](O)CC[C@H](C)[C@@H](OC(=O)N2CCN(C)CC2)/C=C\[C@@H]1C. The highest BCUT2D eigenvalue weighted by molar-refractivity contribution is 5.93. The molecule has 1 aromatic carbocycles. The molecule has 3 aliphatic rings. The van der Waals surface area contributed by atoms with Gasteiger partial charge in [-0.2, -0.15) is 0 Å². The van der Waals surface area contributed by atoms with Gasteiger partial charge in [-0.15, -0.1) is 0 Å². The molecular formula is C32H45FN4O6. The van der Waals surface area contributed by atoms with Crippen LogP contribution in [-0.2, 0) is 14.3 Å². The van der Waals surface area contributed by atoms with Crippen molar-refractivity contribution in [2.24, 2.45) is 11.8 Å². The van der Waals surface area contributed by atoms with Gasteiger partial charge < -0.3 is 29.7 Å². The Hall–Kier alpha value is -3.44. The summed E-state index contributed by atoms with van der Waals surface area (Å²) in [5.41, 5.74) is 1.63. The van der Waals surface area contributed by atoms with E-state index in [9.17, 15) is 23.9 Å². The first-order chi connectivity index (χ1) is 20.5. The van der Waals surface area contributed by atoms with Crippen LogP contribution in [0.2, 0.25) is 0 Å². The van der Waals surface area contributed by atoms with Gasteiger partial charge in [-0.1, -0.05) is 26.0 Å². The Morgan fingerprint density at radius 1 is 1.09 bits per heavy atom. The molecule has 0 aromatic heterocycles. The number of hydrogen-bond donors (Lipinski definition) is 2. The first-order valence-corrected chi connectivity index (χ1v) is 15.2. The lowest BCUT2D eigenvalue weighted by atomic mass is 9.91. The topological polar surface area (TPSA) is 112 Å². The standard InChI is InChI=1S/C32H45FN4O6/c1-21-6-8-27(38)20-29(39)43-30(22(2)7-9-28(21)42-32(41)36-14-12-35(4)13-15-36)23(3)16-24-17-25(33)19-26(18-24)37-11-5-10-34-31(37)40/h7,9,16-19,21-22,27-28,30,38H,5-6,8,10-15,20H2,1-4H3,(H,34,40)/b9-7-,23-16+/t21-,22-,27+,28-,30-/m0/s1. The van der Waals surface area contributed by atoms with E-state index in [1.54, 1.807) is 24.0 Å². The zero-order valence-corrected chi connectivity index (χ0v) is 25.6. The molecule has 10 nitrogen and oxygen atoms in total. The van der Waals surface area contributed by atoms with Crippen LogP contribution in [0.3, 0.4) is 0 Å². The summed E-state index contributed by atoms with van der Waals surface area (Å²) in [5, 5.41) is 13.4. The molecule has 5 atom stereocenters. The molecule has 2 N–H and O–H groups in total. The number of likely N-dealkylation sites (N-methyl/N-ethyl adjacent to an activating group) is 1. The Balaban J connectivity index is 1.57. The zero-order chi connectivity index (χ0) is 31.1. The summed E-state index contributed by atoms with van der Waals surface area (Å²) >= 11 is 0. The molecule has 4 rings (SSSR count). The van der Waals surface area contributed by atoms with E-state index in [1.807, 2.05) is 33.0 Å². The summed E-state index contributed by atoms with van der Waals surface area (Å²) in [5.74, 6) is -1.42. The lowest BCUT2D eigenvalue weighted by Gasteiger charge is -2.33. The highest BCUT2D eigenvalue weighted by atomic mass is 19.1. The van der Waals surface area contributed by atoms with Crippen molar-refractivity contribution >= 4 is 29.9 Å². The number of cyclic esters (lactones) is 1. The van der Waals surface area contributed by atoms with E-state index in [-0.39, 0.29) is 30.4 Å². The number of esters is 1. The molecule has 0 unspecified atom stereocenters. The highest BCUT2D eigenvalue weighted by Crippen LogP contribution is 2.27. The fraction of sp³-hybridized carbons (Fsp3) is 0.594. The van der Waals surface area contributed by atoms with Gasteiger partial charge in [0.2, 0.25) is 0 Å². The largest absolute Gasteiger partial charge is 0.457 e. The van der Waals surface area contributed by atoms with Gasteiger partial charge >= 0.3 is 18.1 Å². The number of aliphatic hydroxyl groups excluding tert-OH is 1. The van der Waals surface area contributed by atoms with Gasteiger partial charge in [0.05, 0.1) is 12.5 Å². The molecule has 1 aromatic rings. The molecule has 43 heavy (non-hydrogen) atoms. The summed E-state index contributed by atoms with van der Waals surface area (Å²) in [7, 11) is 2.02. The Bertz CT molecular complexity index is 1210. The maximum absolute atomic E-state index is 14.7. The number of piperazine rings is 1. The van der Waals surface area contributed by atoms with Crippen molar-refractivity contribution in [3.05, 3.63) is 47.3 Å². The minimum atomic E-state index is -0.894. The van der Waals surface area contributed by atoms with Gasteiger partial charge in [0.15, 0.2) is 0 Å². The van der Waals surface area contributed by atoms with Crippen LogP contribution in [0.5, 0.6) is 0 Å². The number of hydrogen-bond acceptors (Lipinski definition) is 7. The number of carbonyl (C=O) groups is 3. The van der Waals surface area contributed by atoms with Gasteiger partial charge in [0.25, 0.3) is 0 Å². The molecular weight excluding hydrogens is 555 g/mol. The van der Waals surface area contributed by atoms with E-state index in [0.29, 0.717) is 55.8 Å². The Morgan fingerprint density at radius 2 is 1.84 bits per heavy atom. The average molecular weight is 601 g/mol. The fourth-order valence-electron chi connectivity index (χ4n) is 5.69. The van der Waals surface area contributed by atoms with Crippen LogP contribution >= 0.6 is 0 Å². The van der Waals surface area contributed by atoms with Crippen LogP contribution in [0, 0.1) is 17.7 Å². The highest BCUT2D eigenvalue weighted by Gasteiger charge is 2.29. The van der Waals surface area contributed by atoms with Gasteiger partial charge in [-0.3, -0.25) is 9.69 Å². The number of carbonyl (C=O) groups excluding carboxylic acids is 3. The predicted octanol–water partition coefficient (Wildman–Crippen LogP) is 4.19. The number of ether oxygens (including phenoxy) is 2. The van der Waals surface area contributed by atoms with Crippen molar-refractivity contribution in [1.29, 1.82) is 0 Å². The number of anilines is 1. The molecule has 0 saturated carbocycles. The third-order valence-electron chi connectivity index (χ3n) is 8.40. The van der Waals surface area contributed by atoms with Crippen molar-refractivity contribution in [3.8, 4) is 0 Å². The number of aliphatic hydroxyl groups is 1. The van der Waals surface area contributed by atoms with E-state index >= 15 is 0 Å². The van der Waals surface area contributed by atoms with Crippen molar-refractivity contribution < 1.29 is 33.4 Å². The second-order valence-corrected chi connectivity index (χ2v) is 12.1. The van der Waals surface area contributed by atoms with Crippen LogP contribution in [0.25, 0.3) is 6.08 Å². The second-order valence-electron chi connectivity index (χ2n) is 12.1. The second kappa shape index (κ2) is 14.8. The van der Waals surface area contributed by atoms with E-state index in [2.05, 4.69) is 10.2 Å². The number of amides is 3. The van der Waals surface area contributed by atoms with Gasteiger partial charge in [-0.05, 0) is 74.6 Å². The van der Waals surface area contributed by atoms with Crippen molar-refractivity contribution in [2.75, 3.05) is 51.2 Å². The van der Waals surface area contributed by atoms with E-state index in [0.717, 1.165) is 19.5 Å². The van der Waals surface area contributed by atoms with Gasteiger partial charge in [0, 0.05) is 50.9 Å². The van der Waals surface area contributed by atoms with Crippen LogP contribution in [0.1, 0.15) is 52.0 Å². The molecule has 3 heterocycles. The summed E-state index contributed by atoms with van der Waals surface area (Å²) in [6.07, 6.45) is 4.50. The molecule has 3 amide bonds. The lowest BCUT2D eigenvalue weighted by Crippen LogP contribution is -2.48. The monoisotopic (exact) mass is 600 g/mol. The predicted molar refractivity (Wildman–Crippen MR) is 162 cm³/mol. The third kappa shape index (κ3) is 9.03. The molecule has 11 heteroatoms. The van der Waals surface area contributed by atoms with E-state index in [4.69, 9.17) is 9.47 Å². The number of nitrogens with zero attached hydrogens (tertiary/aromatic N) is 3. The van der Waals surface area contributed by atoms with Crippen LogP contribution < -0.4 is 10.2 Å². The molecule has 236 valence electrons. The molecule has 3 aliphatic heterocycles. The number of rotatable bonds is 4. The van der Waals surface area contributed by atoms with E-state index < -0.39 is 30.1 Å². The molecule has 0 spiro atoms. The van der Waals surface area contributed by atoms with E-state index in [1.165, 1.54) is 17.0 Å². The summed E-state index contributed by atoms with van der Waals surface area (Å²) in [6.45, 7) is 9.50. The van der Waals surface area contributed by atoms with Gasteiger partial charge in [-0.25, -0.2) is 14.0 Å². The minimum absolute atomic E-state index is 0.0854. The van der Waals surface area contributed by atoms with Crippen LogP contribution in [-0.4, -0.2) is 97.6 Å². The van der Waals surface area contributed by atoms with Crippen molar-refractivity contribution in [3.63, 3.8) is 0 Å². The molecule has 2 fully saturated rings. The lowest BCUT2D eigenvalue weighted by molar-refractivity contribution is -0.151. The number of urea groups is 1. The first kappa shape index (κ1) is 32.5. The maximum atomic E-state index is 14.7. The Morgan fingerprint density at radius 3 is 2.56 bits per heavy atom. The molecule has 0 bridgehead atoms. The Labute approximate surface area is 253 Å². The summed E-state index contributed by atoms with van der Waals surface area (Å²) in [4.78, 5) is 43.6. The summed E-state index contributed by atoms with van der Waals surface area (Å²) < 4.78 is 26.5. The smallest absolute Gasteiger partial charge is 0.410 e. The van der Waals surface area contributed by atoms with Crippen LogP contribution in [0.15, 0.2) is 35.9 Å². The zero-order valence-electron chi connectivity index (χ0n) is 25.6. The maximum Gasteiger partial charge on any atom is 0.410 e. The van der Waals surface area contributed by atoms with Gasteiger partial charge in [0.1, 0.15) is 18.0 Å². The number of nitrogens with one attached hydrogen (secondary N) is 1. The minimum Gasteiger partial charge on any atom is -0.457 e.